The third-order valence-electron chi connectivity index (χ3n) is 4.54. The van der Waals surface area contributed by atoms with Crippen LogP contribution in [0.4, 0.5) is 0 Å². The van der Waals surface area contributed by atoms with Gasteiger partial charge in [-0.3, -0.25) is 9.78 Å². The number of pyridine rings is 1. The van der Waals surface area contributed by atoms with Crippen LogP contribution in [-0.4, -0.2) is 28.0 Å². The molecule has 6 nitrogen and oxygen atoms in total. The SMILES string of the molecule is O=C(NC1CCC(Oc2ccc3ncccc3c2)CC1)c1cnco1. The van der Waals surface area contributed by atoms with Gasteiger partial charge >= 0.3 is 0 Å². The Morgan fingerprint density at radius 1 is 1.20 bits per heavy atom. The first-order chi connectivity index (χ1) is 12.3. The van der Waals surface area contributed by atoms with E-state index in [0.29, 0.717) is 0 Å². The van der Waals surface area contributed by atoms with E-state index in [1.54, 1.807) is 6.20 Å². The van der Waals surface area contributed by atoms with Crippen LogP contribution >= 0.6 is 0 Å². The summed E-state index contributed by atoms with van der Waals surface area (Å²) in [5, 5.41) is 4.07. The molecule has 128 valence electrons. The summed E-state index contributed by atoms with van der Waals surface area (Å²) in [5.74, 6) is 0.918. The lowest BCUT2D eigenvalue weighted by Gasteiger charge is -2.29. The minimum Gasteiger partial charge on any atom is -0.490 e. The lowest BCUT2D eigenvalue weighted by atomic mass is 9.93. The van der Waals surface area contributed by atoms with Crippen molar-refractivity contribution in [2.45, 2.75) is 37.8 Å². The van der Waals surface area contributed by atoms with E-state index in [9.17, 15) is 4.79 Å². The molecule has 3 aromatic rings. The molecule has 1 N–H and O–H groups in total. The Kier molecular flexibility index (Phi) is 4.33. The normalized spacial score (nSPS) is 20.3. The van der Waals surface area contributed by atoms with E-state index in [0.717, 1.165) is 42.3 Å². The average Bonchev–Trinajstić information content (AvgIpc) is 3.18. The zero-order valence-electron chi connectivity index (χ0n) is 13.7. The fraction of sp³-hybridized carbons (Fsp3) is 0.316. The van der Waals surface area contributed by atoms with Gasteiger partial charge in [-0.2, -0.15) is 0 Å². The first kappa shape index (κ1) is 15.6. The summed E-state index contributed by atoms with van der Waals surface area (Å²) in [5.41, 5.74) is 0.966. The molecular weight excluding hydrogens is 318 g/mol. The number of hydrogen-bond donors (Lipinski definition) is 1. The molecule has 0 bridgehead atoms. The van der Waals surface area contributed by atoms with E-state index in [2.05, 4.69) is 15.3 Å². The molecule has 25 heavy (non-hydrogen) atoms. The van der Waals surface area contributed by atoms with Gasteiger partial charge in [0.25, 0.3) is 5.91 Å². The first-order valence-corrected chi connectivity index (χ1v) is 8.49. The zero-order chi connectivity index (χ0) is 17.1. The Hall–Kier alpha value is -2.89. The van der Waals surface area contributed by atoms with Crippen LogP contribution < -0.4 is 10.1 Å². The minimum absolute atomic E-state index is 0.151. The second kappa shape index (κ2) is 6.93. The molecular formula is C19H19N3O3. The molecule has 0 aliphatic heterocycles. The standard InChI is InChI=1S/C19H19N3O3/c23-19(18-11-20-12-24-18)22-14-3-5-15(6-4-14)25-16-7-8-17-13(10-16)2-1-9-21-17/h1-2,7-12,14-15H,3-6H2,(H,22,23). The number of nitrogens with zero attached hydrogens (tertiary/aromatic N) is 2. The van der Waals surface area contributed by atoms with Crippen LogP contribution in [0.1, 0.15) is 36.2 Å². The maximum Gasteiger partial charge on any atom is 0.288 e. The number of amides is 1. The van der Waals surface area contributed by atoms with Crippen LogP contribution in [0, 0.1) is 0 Å². The molecule has 2 aromatic heterocycles. The second-order valence-electron chi connectivity index (χ2n) is 6.29. The van der Waals surface area contributed by atoms with Crippen LogP contribution in [0.25, 0.3) is 10.9 Å². The van der Waals surface area contributed by atoms with Crippen molar-refractivity contribution < 1.29 is 13.9 Å². The summed E-state index contributed by atoms with van der Waals surface area (Å²) in [7, 11) is 0. The number of carbonyl (C=O) groups is 1. The van der Waals surface area contributed by atoms with Gasteiger partial charge in [0.15, 0.2) is 6.39 Å². The summed E-state index contributed by atoms with van der Waals surface area (Å²) < 4.78 is 11.1. The van der Waals surface area contributed by atoms with Gasteiger partial charge < -0.3 is 14.5 Å². The Morgan fingerprint density at radius 3 is 2.88 bits per heavy atom. The number of oxazole rings is 1. The predicted octanol–water partition coefficient (Wildman–Crippen LogP) is 3.34. The van der Waals surface area contributed by atoms with E-state index in [1.807, 2.05) is 30.3 Å². The number of aromatic nitrogens is 2. The van der Waals surface area contributed by atoms with Crippen LogP contribution in [0.2, 0.25) is 0 Å². The first-order valence-electron chi connectivity index (χ1n) is 8.49. The van der Waals surface area contributed by atoms with Gasteiger partial charge in [-0.25, -0.2) is 4.98 Å². The topological polar surface area (TPSA) is 77.2 Å². The molecule has 0 saturated heterocycles. The molecule has 1 aliphatic rings. The molecule has 2 heterocycles. The quantitative estimate of drug-likeness (QED) is 0.790. The van der Waals surface area contributed by atoms with Gasteiger partial charge in [0.1, 0.15) is 5.75 Å². The van der Waals surface area contributed by atoms with Crippen LogP contribution in [-0.2, 0) is 0 Å². The molecule has 1 aliphatic carbocycles. The van der Waals surface area contributed by atoms with Crippen LogP contribution in [0.5, 0.6) is 5.75 Å². The van der Waals surface area contributed by atoms with E-state index >= 15 is 0 Å². The molecule has 1 fully saturated rings. The fourth-order valence-corrected chi connectivity index (χ4v) is 3.23. The van der Waals surface area contributed by atoms with Gasteiger partial charge in [0, 0.05) is 17.6 Å². The highest BCUT2D eigenvalue weighted by molar-refractivity contribution is 5.91. The number of ether oxygens (including phenoxy) is 1. The highest BCUT2D eigenvalue weighted by Gasteiger charge is 2.24. The number of fused-ring (bicyclic) bond motifs is 1. The highest BCUT2D eigenvalue weighted by Crippen LogP contribution is 2.26. The zero-order valence-corrected chi connectivity index (χ0v) is 13.7. The van der Waals surface area contributed by atoms with Crippen molar-refractivity contribution in [1.29, 1.82) is 0 Å². The Morgan fingerprint density at radius 2 is 2.08 bits per heavy atom. The molecule has 0 atom stereocenters. The van der Waals surface area contributed by atoms with Gasteiger partial charge in [-0.15, -0.1) is 0 Å². The minimum atomic E-state index is -0.205. The van der Waals surface area contributed by atoms with E-state index in [1.165, 1.54) is 12.6 Å². The molecule has 0 unspecified atom stereocenters. The summed E-state index contributed by atoms with van der Waals surface area (Å²) in [4.78, 5) is 20.1. The van der Waals surface area contributed by atoms with Crippen molar-refractivity contribution in [3.05, 3.63) is 54.9 Å². The van der Waals surface area contributed by atoms with Gasteiger partial charge in [-0.05, 0) is 49.9 Å². The fourth-order valence-electron chi connectivity index (χ4n) is 3.23. The number of nitrogens with one attached hydrogen (secondary N) is 1. The van der Waals surface area contributed by atoms with Gasteiger partial charge in [0.05, 0.1) is 17.8 Å². The Bertz CT molecular complexity index is 855. The van der Waals surface area contributed by atoms with Gasteiger partial charge in [0.2, 0.25) is 5.76 Å². The maximum absolute atomic E-state index is 12.0. The van der Waals surface area contributed by atoms with Crippen LogP contribution in [0.3, 0.4) is 0 Å². The highest BCUT2D eigenvalue weighted by atomic mass is 16.5. The summed E-state index contributed by atoms with van der Waals surface area (Å²) in [6, 6.07) is 10.1. The summed E-state index contributed by atoms with van der Waals surface area (Å²) in [6.07, 6.45) is 8.25. The molecule has 4 rings (SSSR count). The largest absolute Gasteiger partial charge is 0.490 e. The van der Waals surface area contributed by atoms with Crippen molar-refractivity contribution in [3.63, 3.8) is 0 Å². The third kappa shape index (κ3) is 3.63. The van der Waals surface area contributed by atoms with E-state index in [-0.39, 0.29) is 23.8 Å². The smallest absolute Gasteiger partial charge is 0.288 e. The molecule has 0 spiro atoms. The number of rotatable bonds is 4. The summed E-state index contributed by atoms with van der Waals surface area (Å²) >= 11 is 0. The molecule has 6 heteroatoms. The van der Waals surface area contributed by atoms with Crippen LogP contribution in [0.15, 0.2) is 53.5 Å². The van der Waals surface area contributed by atoms with Crippen molar-refractivity contribution in [2.75, 3.05) is 0 Å². The van der Waals surface area contributed by atoms with Crippen molar-refractivity contribution in [3.8, 4) is 5.75 Å². The van der Waals surface area contributed by atoms with Crippen molar-refractivity contribution >= 4 is 16.8 Å². The van der Waals surface area contributed by atoms with E-state index in [4.69, 9.17) is 9.15 Å². The molecule has 0 radical (unpaired) electrons. The number of carbonyl (C=O) groups excluding carboxylic acids is 1. The van der Waals surface area contributed by atoms with Gasteiger partial charge in [-0.1, -0.05) is 6.07 Å². The second-order valence-corrected chi connectivity index (χ2v) is 6.29. The van der Waals surface area contributed by atoms with Crippen molar-refractivity contribution in [1.82, 2.24) is 15.3 Å². The number of hydrogen-bond acceptors (Lipinski definition) is 5. The summed E-state index contributed by atoms with van der Waals surface area (Å²) in [6.45, 7) is 0. The molecule has 1 amide bonds. The Labute approximate surface area is 145 Å². The third-order valence-corrected chi connectivity index (χ3v) is 4.54. The average molecular weight is 337 g/mol. The van der Waals surface area contributed by atoms with E-state index < -0.39 is 0 Å². The molecule has 1 aromatic carbocycles. The monoisotopic (exact) mass is 337 g/mol. The number of benzene rings is 1. The van der Waals surface area contributed by atoms with Crippen molar-refractivity contribution in [2.24, 2.45) is 0 Å². The predicted molar refractivity (Wildman–Crippen MR) is 92.4 cm³/mol. The molecule has 1 saturated carbocycles. The Balaban J connectivity index is 1.31. The lowest BCUT2D eigenvalue weighted by Crippen LogP contribution is -2.39. The lowest BCUT2D eigenvalue weighted by molar-refractivity contribution is 0.0867. The maximum atomic E-state index is 12.0.